The maximum absolute atomic E-state index is 12.0. The second-order valence-corrected chi connectivity index (χ2v) is 11.0. The van der Waals surface area contributed by atoms with Crippen molar-refractivity contribution in [1.29, 1.82) is 0 Å². The summed E-state index contributed by atoms with van der Waals surface area (Å²) in [5.41, 5.74) is 0.881. The van der Waals surface area contributed by atoms with Gasteiger partial charge in [0.25, 0.3) is 0 Å². The van der Waals surface area contributed by atoms with Gasteiger partial charge < -0.3 is 10.1 Å². The Morgan fingerprint density at radius 1 is 1.00 bits per heavy atom. The highest BCUT2D eigenvalue weighted by Gasteiger charge is 2.77. The van der Waals surface area contributed by atoms with Crippen molar-refractivity contribution >= 4 is 11.9 Å². The van der Waals surface area contributed by atoms with Crippen molar-refractivity contribution in [2.45, 2.75) is 91.2 Å². The number of amides is 1. The molecule has 1 spiro atoms. The lowest BCUT2D eigenvalue weighted by atomic mass is 9.45. The van der Waals surface area contributed by atoms with Gasteiger partial charge in [0.15, 0.2) is 0 Å². The van der Waals surface area contributed by atoms with E-state index in [1.807, 2.05) is 0 Å². The van der Waals surface area contributed by atoms with Crippen molar-refractivity contribution in [2.24, 2.45) is 39.9 Å². The molecule has 1 amide bonds. The van der Waals surface area contributed by atoms with Gasteiger partial charge in [-0.15, -0.1) is 0 Å². The molecule has 0 radical (unpaired) electrons. The lowest BCUT2D eigenvalue weighted by molar-refractivity contribution is -0.162. The fraction of sp³-hybridized carbons (Fsp3) is 0.913. The summed E-state index contributed by atoms with van der Waals surface area (Å²) in [6, 6.07) is 0.351. The third-order valence-corrected chi connectivity index (χ3v) is 10.2. The van der Waals surface area contributed by atoms with Crippen LogP contribution in [0, 0.1) is 39.9 Å². The zero-order valence-corrected chi connectivity index (χ0v) is 17.3. The Bertz CT molecular complexity index is 691. The predicted molar refractivity (Wildman–Crippen MR) is 103 cm³/mol. The number of esters is 1. The van der Waals surface area contributed by atoms with E-state index in [1.165, 1.54) is 38.5 Å². The first-order chi connectivity index (χ1) is 12.7. The van der Waals surface area contributed by atoms with Crippen LogP contribution in [-0.4, -0.2) is 24.0 Å². The van der Waals surface area contributed by atoms with Crippen molar-refractivity contribution in [3.8, 4) is 0 Å². The van der Waals surface area contributed by atoms with E-state index < -0.39 is 0 Å². The van der Waals surface area contributed by atoms with Crippen molar-refractivity contribution in [2.75, 3.05) is 0 Å². The lowest BCUT2D eigenvalue weighted by Gasteiger charge is -2.60. The van der Waals surface area contributed by atoms with Gasteiger partial charge in [0.05, 0.1) is 0 Å². The van der Waals surface area contributed by atoms with E-state index in [-0.39, 0.29) is 23.4 Å². The highest BCUT2D eigenvalue weighted by molar-refractivity contribution is 5.73. The first kappa shape index (κ1) is 18.0. The van der Waals surface area contributed by atoms with Crippen LogP contribution in [-0.2, 0) is 14.3 Å². The SMILES string of the molecule is CC(=O)NC1CC2C3CCC(OC(C)=O)C3(C)CCC2C2(C)CCC3CC312. The fourth-order valence-electron chi connectivity index (χ4n) is 9.14. The van der Waals surface area contributed by atoms with Crippen molar-refractivity contribution in [3.63, 3.8) is 0 Å². The van der Waals surface area contributed by atoms with Crippen LogP contribution >= 0.6 is 0 Å². The second-order valence-electron chi connectivity index (χ2n) is 11.0. The van der Waals surface area contributed by atoms with E-state index in [1.54, 1.807) is 13.8 Å². The average Bonchev–Trinajstić information content (AvgIpc) is 3.12. The standard InChI is InChI=1S/C23H35NO3/c1-13(25)24-19-11-16-17-5-6-20(27-14(2)26)21(17,3)9-8-18(16)22(4)10-7-15-12-23(15,19)22/h15-20H,5-12H2,1-4H3,(H,24,25). The van der Waals surface area contributed by atoms with Crippen LogP contribution in [0.15, 0.2) is 0 Å². The number of rotatable bonds is 2. The minimum absolute atomic E-state index is 0.0844. The summed E-state index contributed by atoms with van der Waals surface area (Å²) in [5.74, 6) is 2.91. The number of hydrogen-bond acceptors (Lipinski definition) is 3. The predicted octanol–water partition coefficient (Wildman–Crippen LogP) is 4.08. The Labute approximate surface area is 163 Å². The summed E-state index contributed by atoms with van der Waals surface area (Å²) in [6.45, 7) is 8.17. The van der Waals surface area contributed by atoms with E-state index in [4.69, 9.17) is 4.74 Å². The van der Waals surface area contributed by atoms with Crippen LogP contribution in [0.2, 0.25) is 0 Å². The molecule has 0 aromatic carbocycles. The molecule has 5 rings (SSSR count). The summed E-state index contributed by atoms with van der Waals surface area (Å²) in [6.07, 6.45) is 9.90. The van der Waals surface area contributed by atoms with E-state index >= 15 is 0 Å². The highest BCUT2D eigenvalue weighted by Crippen LogP contribution is 2.81. The maximum Gasteiger partial charge on any atom is 0.302 e. The van der Waals surface area contributed by atoms with Gasteiger partial charge in [-0.25, -0.2) is 0 Å². The van der Waals surface area contributed by atoms with Gasteiger partial charge in [-0.1, -0.05) is 13.8 Å². The molecule has 5 fully saturated rings. The molecule has 9 unspecified atom stereocenters. The topological polar surface area (TPSA) is 55.4 Å². The van der Waals surface area contributed by atoms with Crippen molar-refractivity contribution in [1.82, 2.24) is 5.32 Å². The van der Waals surface area contributed by atoms with E-state index in [0.29, 0.717) is 28.7 Å². The molecule has 0 saturated heterocycles. The molecule has 1 N–H and O–H groups in total. The normalized spacial score (nSPS) is 55.0. The molecule has 4 nitrogen and oxygen atoms in total. The van der Waals surface area contributed by atoms with Crippen molar-refractivity contribution in [3.05, 3.63) is 0 Å². The summed E-state index contributed by atoms with van der Waals surface area (Å²) in [5, 5.41) is 3.41. The molecular weight excluding hydrogens is 338 g/mol. The van der Waals surface area contributed by atoms with Crippen LogP contribution in [0.25, 0.3) is 0 Å². The number of ether oxygens (including phenoxy) is 1. The number of carbonyl (C=O) groups is 2. The van der Waals surface area contributed by atoms with Gasteiger partial charge in [0.1, 0.15) is 6.10 Å². The van der Waals surface area contributed by atoms with E-state index in [2.05, 4.69) is 19.2 Å². The molecule has 27 heavy (non-hydrogen) atoms. The quantitative estimate of drug-likeness (QED) is 0.742. The van der Waals surface area contributed by atoms with Crippen molar-refractivity contribution < 1.29 is 14.3 Å². The minimum atomic E-state index is -0.133. The van der Waals surface area contributed by atoms with E-state index in [0.717, 1.165) is 24.7 Å². The Hall–Kier alpha value is -1.06. The summed E-state index contributed by atoms with van der Waals surface area (Å²) >= 11 is 0. The molecule has 5 aliphatic rings. The van der Waals surface area contributed by atoms with Crippen LogP contribution in [0.1, 0.15) is 79.1 Å². The summed E-state index contributed by atoms with van der Waals surface area (Å²) in [4.78, 5) is 23.7. The van der Waals surface area contributed by atoms with Gasteiger partial charge in [-0.2, -0.15) is 0 Å². The van der Waals surface area contributed by atoms with Gasteiger partial charge in [0.2, 0.25) is 5.91 Å². The molecule has 5 saturated carbocycles. The molecule has 9 atom stereocenters. The first-order valence-electron chi connectivity index (χ1n) is 11.2. The smallest absolute Gasteiger partial charge is 0.302 e. The minimum Gasteiger partial charge on any atom is -0.462 e. The molecule has 0 aromatic rings. The lowest BCUT2D eigenvalue weighted by Crippen LogP contribution is -2.60. The van der Waals surface area contributed by atoms with Gasteiger partial charge >= 0.3 is 5.97 Å². The number of hydrogen-bond donors (Lipinski definition) is 1. The average molecular weight is 374 g/mol. The fourth-order valence-corrected chi connectivity index (χ4v) is 9.14. The number of carbonyl (C=O) groups excluding carboxylic acids is 2. The number of fused-ring (bicyclic) bond motifs is 4. The van der Waals surface area contributed by atoms with Crippen LogP contribution < -0.4 is 5.32 Å². The molecule has 0 aliphatic heterocycles. The molecule has 150 valence electrons. The zero-order valence-electron chi connectivity index (χ0n) is 17.3. The third kappa shape index (κ3) is 2.16. The molecule has 0 aromatic heterocycles. The molecular formula is C23H35NO3. The highest BCUT2D eigenvalue weighted by atomic mass is 16.5. The Kier molecular flexibility index (Phi) is 3.67. The molecule has 0 heterocycles. The Morgan fingerprint density at radius 3 is 2.44 bits per heavy atom. The van der Waals surface area contributed by atoms with Gasteiger partial charge in [-0.05, 0) is 85.9 Å². The summed E-state index contributed by atoms with van der Waals surface area (Å²) in [7, 11) is 0. The summed E-state index contributed by atoms with van der Waals surface area (Å²) < 4.78 is 5.79. The first-order valence-corrected chi connectivity index (χ1v) is 11.2. The largest absolute Gasteiger partial charge is 0.462 e. The maximum atomic E-state index is 12.0. The van der Waals surface area contributed by atoms with Crippen LogP contribution in [0.4, 0.5) is 0 Å². The van der Waals surface area contributed by atoms with Crippen LogP contribution in [0.3, 0.4) is 0 Å². The monoisotopic (exact) mass is 373 g/mol. The van der Waals surface area contributed by atoms with E-state index in [9.17, 15) is 9.59 Å². The van der Waals surface area contributed by atoms with Gasteiger partial charge in [-0.3, -0.25) is 9.59 Å². The molecule has 5 aliphatic carbocycles. The Balaban J connectivity index is 1.48. The molecule has 4 heteroatoms. The Morgan fingerprint density at radius 2 is 1.78 bits per heavy atom. The zero-order chi connectivity index (χ0) is 19.2. The van der Waals surface area contributed by atoms with Crippen LogP contribution in [0.5, 0.6) is 0 Å². The second kappa shape index (κ2) is 5.51. The van der Waals surface area contributed by atoms with Gasteiger partial charge in [0, 0.05) is 25.3 Å². The third-order valence-electron chi connectivity index (χ3n) is 10.2. The number of nitrogens with one attached hydrogen (secondary N) is 1. The molecule has 0 bridgehead atoms.